The molecule has 1 heterocycles. The zero-order chi connectivity index (χ0) is 20.2. The van der Waals surface area contributed by atoms with Gasteiger partial charge in [-0.05, 0) is 36.8 Å². The first-order valence-corrected chi connectivity index (χ1v) is 9.43. The SMILES string of the molecule is COC(=O)C(C)Nc1cc(Oc2ccccc2)cc2cc(-c3ccccc3)[nH]c12. The molecule has 0 saturated heterocycles. The van der Waals surface area contributed by atoms with E-state index < -0.39 is 6.04 Å². The van der Waals surface area contributed by atoms with E-state index in [-0.39, 0.29) is 5.97 Å². The molecule has 0 aliphatic heterocycles. The molecule has 4 aromatic rings. The highest BCUT2D eigenvalue weighted by Gasteiger charge is 2.17. The lowest BCUT2D eigenvalue weighted by Gasteiger charge is -2.15. The van der Waals surface area contributed by atoms with Gasteiger partial charge in [0.1, 0.15) is 17.5 Å². The summed E-state index contributed by atoms with van der Waals surface area (Å²) in [6, 6.07) is 25.2. The number of rotatable bonds is 6. The van der Waals surface area contributed by atoms with Crippen molar-refractivity contribution in [2.24, 2.45) is 0 Å². The smallest absolute Gasteiger partial charge is 0.327 e. The summed E-state index contributed by atoms with van der Waals surface area (Å²) in [7, 11) is 1.38. The summed E-state index contributed by atoms with van der Waals surface area (Å²) in [6.07, 6.45) is 0. The molecule has 0 bridgehead atoms. The third-order valence-corrected chi connectivity index (χ3v) is 4.69. The summed E-state index contributed by atoms with van der Waals surface area (Å²) in [5, 5.41) is 4.22. The standard InChI is InChI=1S/C24H22N2O3/c1-16(24(27)28-2)25-22-15-20(29-19-11-7-4-8-12-19)13-18-14-21(26-23(18)22)17-9-5-3-6-10-17/h3-16,25-26H,1-2H3. The maximum Gasteiger partial charge on any atom is 0.327 e. The highest BCUT2D eigenvalue weighted by molar-refractivity contribution is 5.97. The number of methoxy groups -OCH3 is 1. The summed E-state index contributed by atoms with van der Waals surface area (Å²) < 4.78 is 10.9. The maximum absolute atomic E-state index is 11.9. The molecule has 0 spiro atoms. The van der Waals surface area contributed by atoms with Crippen molar-refractivity contribution in [3.8, 4) is 22.8 Å². The molecule has 5 heteroatoms. The Hall–Kier alpha value is -3.73. The van der Waals surface area contributed by atoms with E-state index in [1.54, 1.807) is 6.92 Å². The number of carbonyl (C=O) groups excluding carboxylic acids is 1. The van der Waals surface area contributed by atoms with Gasteiger partial charge in [-0.25, -0.2) is 4.79 Å². The third kappa shape index (κ3) is 4.09. The average Bonchev–Trinajstić information content (AvgIpc) is 3.19. The topological polar surface area (TPSA) is 63.4 Å². The minimum absolute atomic E-state index is 0.331. The van der Waals surface area contributed by atoms with Crippen molar-refractivity contribution < 1.29 is 14.3 Å². The van der Waals surface area contributed by atoms with E-state index in [4.69, 9.17) is 9.47 Å². The molecule has 2 N–H and O–H groups in total. The number of benzene rings is 3. The Morgan fingerprint density at radius 3 is 2.31 bits per heavy atom. The lowest BCUT2D eigenvalue weighted by atomic mass is 10.1. The summed E-state index contributed by atoms with van der Waals surface area (Å²) in [6.45, 7) is 1.77. The molecule has 29 heavy (non-hydrogen) atoms. The van der Waals surface area contributed by atoms with Gasteiger partial charge in [-0.2, -0.15) is 0 Å². The van der Waals surface area contributed by atoms with E-state index in [0.717, 1.165) is 33.6 Å². The number of anilines is 1. The monoisotopic (exact) mass is 386 g/mol. The summed E-state index contributed by atoms with van der Waals surface area (Å²) in [5.74, 6) is 1.10. The van der Waals surface area contributed by atoms with Crippen molar-refractivity contribution in [2.75, 3.05) is 12.4 Å². The molecule has 3 aromatic carbocycles. The Bertz CT molecular complexity index is 1120. The lowest BCUT2D eigenvalue weighted by molar-refractivity contribution is -0.141. The van der Waals surface area contributed by atoms with Crippen LogP contribution in [-0.2, 0) is 9.53 Å². The van der Waals surface area contributed by atoms with Crippen molar-refractivity contribution in [3.63, 3.8) is 0 Å². The van der Waals surface area contributed by atoms with Crippen LogP contribution in [0.4, 0.5) is 5.69 Å². The van der Waals surface area contributed by atoms with Crippen molar-refractivity contribution in [1.82, 2.24) is 4.98 Å². The van der Waals surface area contributed by atoms with Crippen LogP contribution in [0.3, 0.4) is 0 Å². The quantitative estimate of drug-likeness (QED) is 0.423. The van der Waals surface area contributed by atoms with Crippen molar-refractivity contribution >= 4 is 22.6 Å². The first kappa shape index (κ1) is 18.6. The molecule has 5 nitrogen and oxygen atoms in total. The van der Waals surface area contributed by atoms with Crippen molar-refractivity contribution in [3.05, 3.63) is 78.9 Å². The average molecular weight is 386 g/mol. The zero-order valence-electron chi connectivity index (χ0n) is 16.3. The number of aromatic amines is 1. The Morgan fingerprint density at radius 1 is 0.931 bits per heavy atom. The highest BCUT2D eigenvalue weighted by atomic mass is 16.5. The fourth-order valence-electron chi connectivity index (χ4n) is 3.26. The second kappa shape index (κ2) is 8.10. The zero-order valence-corrected chi connectivity index (χ0v) is 16.3. The van der Waals surface area contributed by atoms with Gasteiger partial charge in [0.2, 0.25) is 0 Å². The number of aromatic nitrogens is 1. The number of hydrogen-bond donors (Lipinski definition) is 2. The van der Waals surface area contributed by atoms with E-state index in [1.807, 2.05) is 60.7 Å². The van der Waals surface area contributed by atoms with E-state index in [2.05, 4.69) is 28.5 Å². The molecular weight excluding hydrogens is 364 g/mol. The first-order valence-electron chi connectivity index (χ1n) is 9.43. The van der Waals surface area contributed by atoms with Crippen LogP contribution in [-0.4, -0.2) is 24.1 Å². The van der Waals surface area contributed by atoms with Gasteiger partial charge in [0.15, 0.2) is 0 Å². The highest BCUT2D eigenvalue weighted by Crippen LogP contribution is 2.35. The summed E-state index contributed by atoms with van der Waals surface area (Å²) in [4.78, 5) is 15.4. The molecule has 1 aromatic heterocycles. The lowest BCUT2D eigenvalue weighted by Crippen LogP contribution is -2.27. The predicted molar refractivity (Wildman–Crippen MR) is 115 cm³/mol. The molecule has 0 aliphatic carbocycles. The van der Waals surface area contributed by atoms with Crippen LogP contribution in [0, 0.1) is 0 Å². The van der Waals surface area contributed by atoms with Gasteiger partial charge in [0.25, 0.3) is 0 Å². The Labute approximate surface area is 169 Å². The predicted octanol–water partition coefficient (Wildman–Crippen LogP) is 5.60. The number of esters is 1. The molecule has 0 fully saturated rings. The second-order valence-corrected chi connectivity index (χ2v) is 6.79. The first-order chi connectivity index (χ1) is 14.1. The normalized spacial score (nSPS) is 11.8. The fraction of sp³-hybridized carbons (Fsp3) is 0.125. The number of fused-ring (bicyclic) bond motifs is 1. The molecule has 4 rings (SSSR count). The minimum Gasteiger partial charge on any atom is -0.467 e. The van der Waals surface area contributed by atoms with Crippen molar-refractivity contribution in [2.45, 2.75) is 13.0 Å². The number of ether oxygens (including phenoxy) is 2. The van der Waals surface area contributed by atoms with Crippen LogP contribution in [0.25, 0.3) is 22.2 Å². The number of H-pyrrole nitrogens is 1. The Morgan fingerprint density at radius 2 is 1.62 bits per heavy atom. The molecule has 0 radical (unpaired) electrons. The van der Waals surface area contributed by atoms with E-state index in [9.17, 15) is 4.79 Å². The largest absolute Gasteiger partial charge is 0.467 e. The fourth-order valence-corrected chi connectivity index (χ4v) is 3.26. The molecular formula is C24H22N2O3. The third-order valence-electron chi connectivity index (χ3n) is 4.69. The van der Waals surface area contributed by atoms with Gasteiger partial charge in [-0.1, -0.05) is 48.5 Å². The molecule has 0 saturated carbocycles. The van der Waals surface area contributed by atoms with Crippen LogP contribution >= 0.6 is 0 Å². The van der Waals surface area contributed by atoms with Gasteiger partial charge in [0, 0.05) is 17.1 Å². The van der Waals surface area contributed by atoms with E-state index in [1.165, 1.54) is 7.11 Å². The summed E-state index contributed by atoms with van der Waals surface area (Å²) in [5.41, 5.74) is 3.75. The Kier molecular flexibility index (Phi) is 5.20. The minimum atomic E-state index is -0.501. The van der Waals surface area contributed by atoms with Gasteiger partial charge in [-0.15, -0.1) is 0 Å². The second-order valence-electron chi connectivity index (χ2n) is 6.79. The number of carbonyl (C=O) groups is 1. The molecule has 0 aliphatic rings. The van der Waals surface area contributed by atoms with E-state index in [0.29, 0.717) is 5.75 Å². The molecule has 0 amide bonds. The van der Waals surface area contributed by atoms with Crippen LogP contribution in [0.5, 0.6) is 11.5 Å². The van der Waals surface area contributed by atoms with Crippen LogP contribution in [0.15, 0.2) is 78.9 Å². The molecule has 1 unspecified atom stereocenters. The van der Waals surface area contributed by atoms with Gasteiger partial charge >= 0.3 is 5.97 Å². The van der Waals surface area contributed by atoms with Crippen LogP contribution in [0.2, 0.25) is 0 Å². The number of nitrogens with one attached hydrogen (secondary N) is 2. The Balaban J connectivity index is 1.77. The van der Waals surface area contributed by atoms with Crippen LogP contribution in [0.1, 0.15) is 6.92 Å². The van der Waals surface area contributed by atoms with Gasteiger partial charge in [-0.3, -0.25) is 0 Å². The van der Waals surface area contributed by atoms with Gasteiger partial charge in [0.05, 0.1) is 18.3 Å². The molecule has 1 atom stereocenters. The number of hydrogen-bond acceptors (Lipinski definition) is 4. The molecule has 146 valence electrons. The van der Waals surface area contributed by atoms with Crippen molar-refractivity contribution in [1.29, 1.82) is 0 Å². The van der Waals surface area contributed by atoms with Gasteiger partial charge < -0.3 is 19.8 Å². The summed E-state index contributed by atoms with van der Waals surface area (Å²) >= 11 is 0. The number of para-hydroxylation sites is 1. The maximum atomic E-state index is 11.9. The van der Waals surface area contributed by atoms with E-state index >= 15 is 0 Å². The van der Waals surface area contributed by atoms with Crippen LogP contribution < -0.4 is 10.1 Å².